The van der Waals surface area contributed by atoms with Crippen LogP contribution in [0.4, 0.5) is 17.5 Å². The summed E-state index contributed by atoms with van der Waals surface area (Å²) in [5.74, 6) is 2.60. The predicted molar refractivity (Wildman–Crippen MR) is 189 cm³/mol. The van der Waals surface area contributed by atoms with Crippen LogP contribution in [0, 0.1) is 11.8 Å². The predicted octanol–water partition coefficient (Wildman–Crippen LogP) is 6.28. The molecule has 256 valence electrons. The maximum Gasteiger partial charge on any atom is 0.250 e. The standard InChI is InChI=1S/C36H59N7O3/c1-13-28(14-2)43-30(15-3)34(45)42(12)31-20-37-35(40-32(31)43)39-29(26(7)46-36(8,9)10)17-16-25(6)33(44)38-27-18-23(4)21-41(11)22-24(5)19-27/h16-17,20,23-24,27-28,30H,6,13-15,18-19,21-22H2,1-5,7-12H3,(H,38,44)(H,37,39,40)/b17-16-,29-26-. The van der Waals surface area contributed by atoms with Gasteiger partial charge >= 0.3 is 0 Å². The maximum atomic E-state index is 13.3. The van der Waals surface area contributed by atoms with Crippen molar-refractivity contribution in [2.75, 3.05) is 42.3 Å². The molecule has 2 N–H and O–H groups in total. The highest BCUT2D eigenvalue weighted by Crippen LogP contribution is 2.37. The molecule has 0 spiro atoms. The second-order valence-corrected chi connectivity index (χ2v) is 14.3. The maximum absolute atomic E-state index is 13.3. The highest BCUT2D eigenvalue weighted by molar-refractivity contribution is 6.04. The van der Waals surface area contributed by atoms with Crippen LogP contribution in [0.25, 0.3) is 0 Å². The Morgan fingerprint density at radius 1 is 1.11 bits per heavy atom. The number of carbonyl (C=O) groups is 2. The van der Waals surface area contributed by atoms with E-state index in [1.807, 2.05) is 34.6 Å². The third kappa shape index (κ3) is 9.56. The zero-order valence-corrected chi connectivity index (χ0v) is 30.2. The molecule has 1 fully saturated rings. The van der Waals surface area contributed by atoms with E-state index in [-0.39, 0.29) is 29.9 Å². The number of hydrogen-bond donors (Lipinski definition) is 2. The number of likely N-dealkylation sites (tertiary alicyclic amines) is 1. The topological polar surface area (TPSA) is 103 Å². The molecule has 2 aliphatic heterocycles. The van der Waals surface area contributed by atoms with Crippen molar-refractivity contribution in [3.05, 3.63) is 42.0 Å². The molecule has 0 aromatic carbocycles. The van der Waals surface area contributed by atoms with Crippen LogP contribution >= 0.6 is 0 Å². The van der Waals surface area contributed by atoms with E-state index in [0.717, 1.165) is 44.6 Å². The van der Waals surface area contributed by atoms with Gasteiger partial charge in [-0.15, -0.1) is 0 Å². The lowest BCUT2D eigenvalue weighted by Gasteiger charge is -2.44. The Labute approximate surface area is 277 Å². The minimum absolute atomic E-state index is 0.0524. The van der Waals surface area contributed by atoms with E-state index in [1.165, 1.54) is 0 Å². The van der Waals surface area contributed by atoms with Gasteiger partial charge < -0.3 is 30.1 Å². The Bertz CT molecular complexity index is 1280. The second-order valence-electron chi connectivity index (χ2n) is 14.3. The lowest BCUT2D eigenvalue weighted by atomic mass is 9.90. The molecule has 3 rings (SSSR count). The number of ether oxygens (including phenoxy) is 1. The van der Waals surface area contributed by atoms with Crippen LogP contribution in [-0.2, 0) is 14.3 Å². The number of allylic oxidation sites excluding steroid dienone is 2. The van der Waals surface area contributed by atoms with Crippen LogP contribution < -0.4 is 20.4 Å². The quantitative estimate of drug-likeness (QED) is 0.166. The van der Waals surface area contributed by atoms with Crippen molar-refractivity contribution in [2.24, 2.45) is 11.8 Å². The molecule has 10 heteroatoms. The highest BCUT2D eigenvalue weighted by atomic mass is 16.5. The minimum Gasteiger partial charge on any atom is -0.491 e. The van der Waals surface area contributed by atoms with E-state index >= 15 is 0 Å². The summed E-state index contributed by atoms with van der Waals surface area (Å²) in [6.07, 6.45) is 9.55. The van der Waals surface area contributed by atoms with Gasteiger partial charge in [0.25, 0.3) is 5.91 Å². The van der Waals surface area contributed by atoms with Crippen molar-refractivity contribution < 1.29 is 14.3 Å². The van der Waals surface area contributed by atoms with Crippen LogP contribution in [0.15, 0.2) is 42.0 Å². The van der Waals surface area contributed by atoms with Gasteiger partial charge in [0.05, 0.1) is 11.9 Å². The van der Waals surface area contributed by atoms with Crippen LogP contribution in [-0.4, -0.2) is 77.6 Å². The second kappa shape index (κ2) is 15.9. The Morgan fingerprint density at radius 2 is 1.72 bits per heavy atom. The fourth-order valence-corrected chi connectivity index (χ4v) is 6.84. The molecule has 1 saturated heterocycles. The smallest absolute Gasteiger partial charge is 0.250 e. The van der Waals surface area contributed by atoms with Crippen LogP contribution in [0.1, 0.15) is 94.4 Å². The average molecular weight is 638 g/mol. The van der Waals surface area contributed by atoms with E-state index < -0.39 is 5.60 Å². The van der Waals surface area contributed by atoms with Gasteiger partial charge in [0.1, 0.15) is 23.1 Å². The van der Waals surface area contributed by atoms with Crippen LogP contribution in [0.5, 0.6) is 0 Å². The Hall–Kier alpha value is -3.40. The van der Waals surface area contributed by atoms with Crippen molar-refractivity contribution in [1.29, 1.82) is 0 Å². The van der Waals surface area contributed by atoms with Crippen molar-refractivity contribution in [1.82, 2.24) is 20.2 Å². The zero-order chi connectivity index (χ0) is 34.3. The summed E-state index contributed by atoms with van der Waals surface area (Å²) in [4.78, 5) is 42.4. The number of nitrogens with zero attached hydrogens (tertiary/aromatic N) is 5. The van der Waals surface area contributed by atoms with Crippen molar-refractivity contribution in [3.63, 3.8) is 0 Å². The summed E-state index contributed by atoms with van der Waals surface area (Å²) in [5.41, 5.74) is 1.21. The van der Waals surface area contributed by atoms with Gasteiger partial charge in [0, 0.05) is 37.8 Å². The van der Waals surface area contributed by atoms with Gasteiger partial charge in [-0.25, -0.2) is 4.98 Å². The van der Waals surface area contributed by atoms with Crippen molar-refractivity contribution in [2.45, 2.75) is 118 Å². The number of anilines is 3. The lowest BCUT2D eigenvalue weighted by molar-refractivity contribution is -0.120. The molecule has 3 heterocycles. The summed E-state index contributed by atoms with van der Waals surface area (Å²) in [5, 5.41) is 6.59. The highest BCUT2D eigenvalue weighted by Gasteiger charge is 2.39. The fraction of sp³-hybridized carbons (Fsp3) is 0.667. The molecule has 0 radical (unpaired) electrons. The van der Waals surface area contributed by atoms with Crippen molar-refractivity contribution in [3.8, 4) is 0 Å². The molecule has 46 heavy (non-hydrogen) atoms. The third-order valence-electron chi connectivity index (χ3n) is 8.81. The number of likely N-dealkylation sites (N-methyl/N-ethyl adjacent to an activating group) is 1. The van der Waals surface area contributed by atoms with Gasteiger partial charge in [-0.3, -0.25) is 9.59 Å². The van der Waals surface area contributed by atoms with Crippen LogP contribution in [0.2, 0.25) is 0 Å². The number of carbonyl (C=O) groups excluding carboxylic acids is 2. The summed E-state index contributed by atoms with van der Waals surface area (Å²) < 4.78 is 6.23. The van der Waals surface area contributed by atoms with Gasteiger partial charge in [-0.1, -0.05) is 41.2 Å². The molecule has 0 saturated carbocycles. The average Bonchev–Trinajstić information content (AvgIpc) is 2.96. The van der Waals surface area contributed by atoms with Crippen LogP contribution in [0.3, 0.4) is 0 Å². The largest absolute Gasteiger partial charge is 0.491 e. The number of aromatic nitrogens is 2. The van der Waals surface area contributed by atoms with E-state index in [1.54, 1.807) is 30.3 Å². The molecule has 1 aromatic rings. The number of nitrogens with one attached hydrogen (secondary N) is 2. The summed E-state index contributed by atoms with van der Waals surface area (Å²) in [6.45, 7) is 24.8. The molecule has 0 bridgehead atoms. The Balaban J connectivity index is 1.90. The molecule has 1 aromatic heterocycles. The summed E-state index contributed by atoms with van der Waals surface area (Å²) in [6, 6.07) is -0.0246. The summed E-state index contributed by atoms with van der Waals surface area (Å²) >= 11 is 0. The third-order valence-corrected chi connectivity index (χ3v) is 8.81. The number of rotatable bonds is 11. The first kappa shape index (κ1) is 37.1. The van der Waals surface area contributed by atoms with Gasteiger partial charge in [-0.2, -0.15) is 4.98 Å². The SMILES string of the molecule is C=C(/C=C\C(Nc1ncc2c(n1)N(C(CC)CC)C(CC)C(=O)N2C)=C(/C)OC(C)(C)C)C(=O)NC1CC(C)CN(C)CC(C)C1. The minimum atomic E-state index is -0.445. The molecule has 10 nitrogen and oxygen atoms in total. The first-order valence-corrected chi connectivity index (χ1v) is 17.0. The van der Waals surface area contributed by atoms with E-state index in [4.69, 9.17) is 9.72 Å². The van der Waals surface area contributed by atoms with Gasteiger partial charge in [0.15, 0.2) is 5.82 Å². The number of hydrogen-bond acceptors (Lipinski definition) is 8. The lowest BCUT2D eigenvalue weighted by Crippen LogP contribution is -2.56. The first-order chi connectivity index (χ1) is 21.6. The Morgan fingerprint density at radius 3 is 2.26 bits per heavy atom. The van der Waals surface area contributed by atoms with E-state index in [0.29, 0.717) is 46.9 Å². The van der Waals surface area contributed by atoms with E-state index in [9.17, 15) is 9.59 Å². The first-order valence-electron chi connectivity index (χ1n) is 17.0. The zero-order valence-electron chi connectivity index (χ0n) is 30.2. The molecular formula is C36H59N7O3. The Kier molecular flexibility index (Phi) is 12.8. The molecule has 0 aliphatic carbocycles. The number of amides is 2. The molecule has 3 atom stereocenters. The monoisotopic (exact) mass is 637 g/mol. The molecule has 2 amide bonds. The molecule has 3 unspecified atom stereocenters. The van der Waals surface area contributed by atoms with Gasteiger partial charge in [0.2, 0.25) is 11.9 Å². The summed E-state index contributed by atoms with van der Waals surface area (Å²) in [7, 11) is 3.95. The van der Waals surface area contributed by atoms with Crippen molar-refractivity contribution >= 4 is 29.3 Å². The van der Waals surface area contributed by atoms with E-state index in [2.05, 4.69) is 66.7 Å². The molecule has 2 aliphatic rings. The normalized spacial score (nSPS) is 23.5. The fourth-order valence-electron chi connectivity index (χ4n) is 6.84. The molecular weight excluding hydrogens is 578 g/mol. The van der Waals surface area contributed by atoms with Gasteiger partial charge in [-0.05, 0) is 90.8 Å². The number of fused-ring (bicyclic) bond motifs is 1.